The summed E-state index contributed by atoms with van der Waals surface area (Å²) in [6, 6.07) is 7.62. The summed E-state index contributed by atoms with van der Waals surface area (Å²) >= 11 is 5.99. The molecule has 0 aromatic heterocycles. The Labute approximate surface area is 131 Å². The molecule has 2 N–H and O–H groups in total. The molecule has 0 heterocycles. The van der Waals surface area contributed by atoms with E-state index in [0.717, 1.165) is 24.9 Å². The van der Waals surface area contributed by atoms with Gasteiger partial charge in [-0.25, -0.2) is 0 Å². The van der Waals surface area contributed by atoms with Crippen LogP contribution in [-0.2, 0) is 4.79 Å². The molecule has 112 valence electrons. The van der Waals surface area contributed by atoms with Crippen molar-refractivity contribution in [1.82, 2.24) is 0 Å². The van der Waals surface area contributed by atoms with Gasteiger partial charge >= 0.3 is 0 Å². The van der Waals surface area contributed by atoms with Crippen molar-refractivity contribution in [3.8, 4) is 0 Å². The van der Waals surface area contributed by atoms with Gasteiger partial charge in [0.1, 0.15) is 0 Å². The van der Waals surface area contributed by atoms with Crippen molar-refractivity contribution in [2.75, 3.05) is 11.4 Å². The topological polar surface area (TPSA) is 46.3 Å². The predicted molar refractivity (Wildman–Crippen MR) is 86.7 cm³/mol. The zero-order valence-corrected chi connectivity index (χ0v) is 13.3. The van der Waals surface area contributed by atoms with Crippen molar-refractivity contribution in [3.63, 3.8) is 0 Å². The summed E-state index contributed by atoms with van der Waals surface area (Å²) < 4.78 is 0. The van der Waals surface area contributed by atoms with Gasteiger partial charge in [0.2, 0.25) is 5.91 Å². The molecule has 0 bridgehead atoms. The summed E-state index contributed by atoms with van der Waals surface area (Å²) in [4.78, 5) is 14.2. The minimum Gasteiger partial charge on any atom is -0.327 e. The van der Waals surface area contributed by atoms with E-state index in [0.29, 0.717) is 23.9 Å². The number of carbonyl (C=O) groups excluding carboxylic acids is 1. The molecule has 0 radical (unpaired) electrons. The Morgan fingerprint density at radius 2 is 2.20 bits per heavy atom. The third-order valence-corrected chi connectivity index (χ3v) is 4.13. The Kier molecular flexibility index (Phi) is 6.80. The van der Waals surface area contributed by atoms with E-state index in [4.69, 9.17) is 17.3 Å². The second-order valence-electron chi connectivity index (χ2n) is 5.18. The lowest BCUT2D eigenvalue weighted by atomic mass is 9.99. The maximum atomic E-state index is 12.4. The highest BCUT2D eigenvalue weighted by Crippen LogP contribution is 2.28. The van der Waals surface area contributed by atoms with Crippen molar-refractivity contribution < 1.29 is 4.79 Å². The van der Waals surface area contributed by atoms with Crippen molar-refractivity contribution >= 4 is 35.6 Å². The first-order chi connectivity index (χ1) is 9.11. The minimum atomic E-state index is 0. The highest BCUT2D eigenvalue weighted by atomic mass is 35.5. The average Bonchev–Trinajstić information content (AvgIpc) is 2.76. The van der Waals surface area contributed by atoms with Gasteiger partial charge in [-0.05, 0) is 43.9 Å². The lowest BCUT2D eigenvalue weighted by Gasteiger charge is -2.24. The molecule has 0 aliphatic heterocycles. The van der Waals surface area contributed by atoms with Crippen LogP contribution in [0.3, 0.4) is 0 Å². The van der Waals surface area contributed by atoms with Crippen LogP contribution in [-0.4, -0.2) is 18.5 Å². The molecule has 1 aromatic carbocycles. The van der Waals surface area contributed by atoms with Crippen LogP contribution in [0.2, 0.25) is 5.02 Å². The number of nitrogens with zero attached hydrogens (tertiary/aromatic N) is 1. The quantitative estimate of drug-likeness (QED) is 0.922. The summed E-state index contributed by atoms with van der Waals surface area (Å²) in [6.07, 6.45) is 3.80. The fourth-order valence-corrected chi connectivity index (χ4v) is 2.98. The Balaban J connectivity index is 0.00000200. The van der Waals surface area contributed by atoms with Gasteiger partial charge in [0, 0.05) is 29.7 Å². The van der Waals surface area contributed by atoms with E-state index in [9.17, 15) is 4.79 Å². The van der Waals surface area contributed by atoms with Gasteiger partial charge in [-0.1, -0.05) is 24.1 Å². The Bertz CT molecular complexity index is 453. The van der Waals surface area contributed by atoms with E-state index in [1.807, 2.05) is 31.2 Å². The van der Waals surface area contributed by atoms with Gasteiger partial charge in [-0.2, -0.15) is 0 Å². The molecular weight excluding hydrogens is 295 g/mol. The Morgan fingerprint density at radius 1 is 1.45 bits per heavy atom. The molecule has 1 aromatic rings. The highest BCUT2D eigenvalue weighted by molar-refractivity contribution is 6.30. The smallest absolute Gasteiger partial charge is 0.227 e. The van der Waals surface area contributed by atoms with Gasteiger partial charge in [0.05, 0.1) is 0 Å². The lowest BCUT2D eigenvalue weighted by molar-refractivity contribution is -0.119. The van der Waals surface area contributed by atoms with E-state index >= 15 is 0 Å². The summed E-state index contributed by atoms with van der Waals surface area (Å²) in [6.45, 7) is 2.63. The number of benzene rings is 1. The van der Waals surface area contributed by atoms with Crippen LogP contribution < -0.4 is 10.6 Å². The van der Waals surface area contributed by atoms with Crippen LogP contribution >= 0.6 is 24.0 Å². The van der Waals surface area contributed by atoms with Crippen molar-refractivity contribution in [2.24, 2.45) is 11.7 Å². The number of anilines is 1. The third-order valence-electron chi connectivity index (χ3n) is 3.89. The standard InChI is InChI=1S/C15H21ClN2O.ClH/c1-2-18(13-7-4-6-12(16)10-13)15(19)9-11-5-3-8-14(11)17;/h4,6-7,10-11,14H,2-3,5,8-9,17H2,1H3;1H/t11-,14+;/m0./s1. The normalized spacial score (nSPS) is 21.4. The molecule has 2 rings (SSSR count). The second kappa shape index (κ2) is 7.87. The van der Waals surface area contributed by atoms with Gasteiger partial charge in [-0.3, -0.25) is 4.79 Å². The molecule has 1 aliphatic carbocycles. The molecule has 0 saturated heterocycles. The SMILES string of the molecule is CCN(C(=O)C[C@@H]1CCC[C@H]1N)c1cccc(Cl)c1.Cl. The van der Waals surface area contributed by atoms with E-state index in [1.165, 1.54) is 0 Å². The Morgan fingerprint density at radius 3 is 2.75 bits per heavy atom. The molecule has 1 saturated carbocycles. The summed E-state index contributed by atoms with van der Waals surface area (Å²) in [5.41, 5.74) is 6.91. The number of carbonyl (C=O) groups is 1. The van der Waals surface area contributed by atoms with E-state index in [-0.39, 0.29) is 24.4 Å². The highest BCUT2D eigenvalue weighted by Gasteiger charge is 2.28. The van der Waals surface area contributed by atoms with Crippen LogP contribution in [0.5, 0.6) is 0 Å². The number of amides is 1. The van der Waals surface area contributed by atoms with Crippen LogP contribution in [0.1, 0.15) is 32.6 Å². The number of rotatable bonds is 4. The minimum absolute atomic E-state index is 0. The largest absolute Gasteiger partial charge is 0.327 e. The van der Waals surface area contributed by atoms with E-state index in [1.54, 1.807) is 4.90 Å². The molecular formula is C15H22Cl2N2O. The molecule has 2 atom stereocenters. The fourth-order valence-electron chi connectivity index (χ4n) is 2.80. The monoisotopic (exact) mass is 316 g/mol. The van der Waals surface area contributed by atoms with Crippen molar-refractivity contribution in [2.45, 2.75) is 38.6 Å². The van der Waals surface area contributed by atoms with Crippen LogP contribution in [0.15, 0.2) is 24.3 Å². The first-order valence-electron chi connectivity index (χ1n) is 6.93. The molecule has 0 unspecified atom stereocenters. The Hall–Kier alpha value is -0.770. The first kappa shape index (κ1) is 17.3. The predicted octanol–water partition coefficient (Wildman–Crippen LogP) is 3.63. The van der Waals surface area contributed by atoms with E-state index in [2.05, 4.69) is 0 Å². The summed E-state index contributed by atoms with van der Waals surface area (Å²) in [5, 5.41) is 0.654. The van der Waals surface area contributed by atoms with Gasteiger partial charge in [0.25, 0.3) is 0 Å². The lowest BCUT2D eigenvalue weighted by Crippen LogP contribution is -2.35. The zero-order chi connectivity index (χ0) is 13.8. The van der Waals surface area contributed by atoms with Crippen molar-refractivity contribution in [3.05, 3.63) is 29.3 Å². The molecule has 1 aliphatic rings. The maximum absolute atomic E-state index is 12.4. The maximum Gasteiger partial charge on any atom is 0.227 e. The molecule has 0 spiro atoms. The molecule has 1 amide bonds. The van der Waals surface area contributed by atoms with Gasteiger partial charge in [0.15, 0.2) is 0 Å². The average molecular weight is 317 g/mol. The van der Waals surface area contributed by atoms with E-state index < -0.39 is 0 Å². The number of hydrogen-bond acceptors (Lipinski definition) is 2. The zero-order valence-electron chi connectivity index (χ0n) is 11.7. The molecule has 5 heteroatoms. The molecule has 3 nitrogen and oxygen atoms in total. The van der Waals surface area contributed by atoms with Gasteiger partial charge in [-0.15, -0.1) is 12.4 Å². The summed E-state index contributed by atoms with van der Waals surface area (Å²) in [7, 11) is 0. The van der Waals surface area contributed by atoms with Crippen LogP contribution in [0.4, 0.5) is 5.69 Å². The number of nitrogens with two attached hydrogens (primary N) is 1. The first-order valence-corrected chi connectivity index (χ1v) is 7.31. The van der Waals surface area contributed by atoms with Crippen molar-refractivity contribution in [1.29, 1.82) is 0 Å². The summed E-state index contributed by atoms with van der Waals surface area (Å²) in [5.74, 6) is 0.479. The molecule has 1 fully saturated rings. The van der Waals surface area contributed by atoms with Gasteiger partial charge < -0.3 is 10.6 Å². The number of hydrogen-bond donors (Lipinski definition) is 1. The fraction of sp³-hybridized carbons (Fsp3) is 0.533. The third kappa shape index (κ3) is 4.11. The van der Waals surface area contributed by atoms with Crippen LogP contribution in [0, 0.1) is 5.92 Å². The second-order valence-corrected chi connectivity index (χ2v) is 5.61. The number of halogens is 2. The molecule has 20 heavy (non-hydrogen) atoms. The van der Waals surface area contributed by atoms with Crippen LogP contribution in [0.25, 0.3) is 0 Å².